The summed E-state index contributed by atoms with van der Waals surface area (Å²) >= 11 is 0. The molecule has 3 atom stereocenters. The van der Waals surface area contributed by atoms with Crippen molar-refractivity contribution in [3.63, 3.8) is 0 Å². The van der Waals surface area contributed by atoms with E-state index in [1.165, 1.54) is 12.7 Å². The van der Waals surface area contributed by atoms with Crippen molar-refractivity contribution >= 4 is 21.0 Å². The minimum absolute atomic E-state index is 0.163. The third-order valence-corrected chi connectivity index (χ3v) is 8.75. The molecule has 0 aromatic heterocycles. The Hall–Kier alpha value is -3.29. The summed E-state index contributed by atoms with van der Waals surface area (Å²) < 4.78 is 36.6. The maximum absolute atomic E-state index is 12.0. The maximum Gasteiger partial charge on any atom is 0.175 e. The van der Waals surface area contributed by atoms with Crippen molar-refractivity contribution in [2.45, 2.75) is 44.2 Å². The third kappa shape index (κ3) is 5.45. The molecule has 0 radical (unpaired) electrons. The fraction of sp³-hybridized carbons (Fsp3) is 0.355. The highest BCUT2D eigenvalue weighted by atomic mass is 32.2. The van der Waals surface area contributed by atoms with Crippen LogP contribution in [-0.2, 0) is 9.84 Å². The topological polar surface area (TPSA) is 76.1 Å². The van der Waals surface area contributed by atoms with Crippen molar-refractivity contribution in [2.24, 2.45) is 5.92 Å². The van der Waals surface area contributed by atoms with Gasteiger partial charge in [0.1, 0.15) is 30.0 Å². The Morgan fingerprint density at radius 3 is 2.42 bits per heavy atom. The number of benzene rings is 3. The van der Waals surface area contributed by atoms with Crippen molar-refractivity contribution < 1.29 is 23.0 Å². The van der Waals surface area contributed by atoms with Gasteiger partial charge < -0.3 is 14.6 Å². The summed E-state index contributed by atoms with van der Waals surface area (Å²) in [5, 5.41) is 10.1. The number of phenols is 1. The van der Waals surface area contributed by atoms with Crippen LogP contribution in [0.3, 0.4) is 0 Å². The average Bonchev–Trinajstić information content (AvgIpc) is 3.34. The predicted octanol–water partition coefficient (Wildman–Crippen LogP) is 5.97. The molecule has 2 aliphatic heterocycles. The molecule has 1 fully saturated rings. The van der Waals surface area contributed by atoms with Crippen LogP contribution in [-0.4, -0.2) is 50.4 Å². The summed E-state index contributed by atoms with van der Waals surface area (Å²) in [6, 6.07) is 20.3. The van der Waals surface area contributed by atoms with E-state index in [9.17, 15) is 13.5 Å². The lowest BCUT2D eigenvalue weighted by molar-refractivity contribution is 0.169. The highest BCUT2D eigenvalue weighted by Crippen LogP contribution is 2.47. The van der Waals surface area contributed by atoms with E-state index in [4.69, 9.17) is 9.47 Å². The second kappa shape index (κ2) is 10.5. The van der Waals surface area contributed by atoms with Crippen LogP contribution in [0.1, 0.15) is 50.0 Å². The third-order valence-electron chi connectivity index (χ3n) is 7.62. The van der Waals surface area contributed by atoms with E-state index in [-0.39, 0.29) is 10.6 Å². The Morgan fingerprint density at radius 2 is 1.79 bits per heavy atom. The minimum Gasteiger partial charge on any atom is -0.508 e. The summed E-state index contributed by atoms with van der Waals surface area (Å²) in [6.07, 6.45) is 2.04. The van der Waals surface area contributed by atoms with Gasteiger partial charge in [-0.25, -0.2) is 8.42 Å². The van der Waals surface area contributed by atoms with Gasteiger partial charge in [-0.1, -0.05) is 31.2 Å². The van der Waals surface area contributed by atoms with Crippen LogP contribution in [0.25, 0.3) is 11.1 Å². The molecule has 1 N–H and O–H groups in total. The lowest BCUT2D eigenvalue weighted by Gasteiger charge is -2.31. The molecular weight excluding hydrogens is 498 g/mol. The highest BCUT2D eigenvalue weighted by molar-refractivity contribution is 7.90. The molecule has 7 heteroatoms. The van der Waals surface area contributed by atoms with Crippen LogP contribution >= 0.6 is 0 Å². The van der Waals surface area contributed by atoms with E-state index in [1.807, 2.05) is 43.3 Å². The van der Waals surface area contributed by atoms with Crippen LogP contribution in [0.2, 0.25) is 0 Å². The number of allylic oxidation sites excluding steroid dienone is 1. The first-order valence-corrected chi connectivity index (χ1v) is 15.0. The fourth-order valence-electron chi connectivity index (χ4n) is 5.36. The standard InChI is InChI=1S/C31H35NO5S/c1-20-15-16-32(18-20)21(2)19-36-26-10-5-24(6-11-26)31-30(23-7-12-27(13-8-23)38(4,34)35)22(3)28-17-25(33)9-14-29(28)37-31/h5-14,17,20-21,31,33H,15-16,18-19H2,1-4H3. The molecule has 3 aromatic rings. The molecular formula is C31H35NO5S. The number of fused-ring (bicyclic) bond motifs is 1. The SMILES string of the molecule is CC1=C(c2ccc(S(C)(=O)=O)cc2)C(c2ccc(OCC(C)N3CCC(C)C3)cc2)Oc2ccc(O)cc21. The van der Waals surface area contributed by atoms with Crippen molar-refractivity contribution in [3.05, 3.63) is 83.4 Å². The molecule has 200 valence electrons. The number of phenolic OH excluding ortho intramolecular Hbond substituents is 1. The quantitative estimate of drug-likeness (QED) is 0.403. The molecule has 38 heavy (non-hydrogen) atoms. The van der Waals surface area contributed by atoms with E-state index in [0.29, 0.717) is 18.4 Å². The molecule has 0 aliphatic carbocycles. The predicted molar refractivity (Wildman–Crippen MR) is 150 cm³/mol. The van der Waals surface area contributed by atoms with Gasteiger partial charge in [0.25, 0.3) is 0 Å². The van der Waals surface area contributed by atoms with Crippen molar-refractivity contribution in [1.29, 1.82) is 0 Å². The molecule has 2 aliphatic rings. The van der Waals surface area contributed by atoms with Gasteiger partial charge in [0.15, 0.2) is 9.84 Å². The molecule has 2 heterocycles. The number of likely N-dealkylation sites (tertiary alicyclic amines) is 1. The maximum atomic E-state index is 12.0. The number of nitrogens with zero attached hydrogens (tertiary/aromatic N) is 1. The van der Waals surface area contributed by atoms with E-state index < -0.39 is 15.9 Å². The molecule has 0 bridgehead atoms. The average molecular weight is 534 g/mol. The lowest BCUT2D eigenvalue weighted by atomic mass is 9.86. The zero-order valence-corrected chi connectivity index (χ0v) is 23.2. The smallest absolute Gasteiger partial charge is 0.175 e. The summed E-state index contributed by atoms with van der Waals surface area (Å²) in [7, 11) is -3.31. The Morgan fingerprint density at radius 1 is 1.08 bits per heavy atom. The van der Waals surface area contributed by atoms with Crippen LogP contribution < -0.4 is 9.47 Å². The van der Waals surface area contributed by atoms with E-state index in [2.05, 4.69) is 18.7 Å². The first-order chi connectivity index (χ1) is 18.1. The van der Waals surface area contributed by atoms with Gasteiger partial charge in [0.2, 0.25) is 0 Å². The van der Waals surface area contributed by atoms with Gasteiger partial charge in [-0.05, 0) is 91.9 Å². The molecule has 0 saturated carbocycles. The summed E-state index contributed by atoms with van der Waals surface area (Å²) in [5.74, 6) is 2.41. The molecule has 3 unspecified atom stereocenters. The number of sulfone groups is 1. The molecule has 0 spiro atoms. The molecule has 1 saturated heterocycles. The molecule has 6 nitrogen and oxygen atoms in total. The van der Waals surface area contributed by atoms with Gasteiger partial charge >= 0.3 is 0 Å². The second-order valence-electron chi connectivity index (χ2n) is 10.6. The van der Waals surface area contributed by atoms with E-state index in [1.54, 1.807) is 30.3 Å². The van der Waals surface area contributed by atoms with Gasteiger partial charge in [0, 0.05) is 30.0 Å². The Balaban J connectivity index is 1.43. The Kier molecular flexibility index (Phi) is 7.25. The van der Waals surface area contributed by atoms with Crippen LogP contribution in [0.4, 0.5) is 0 Å². The number of hydrogen-bond donors (Lipinski definition) is 1. The van der Waals surface area contributed by atoms with E-state index in [0.717, 1.165) is 52.6 Å². The van der Waals surface area contributed by atoms with Gasteiger partial charge in [-0.3, -0.25) is 4.90 Å². The van der Waals surface area contributed by atoms with Crippen molar-refractivity contribution in [1.82, 2.24) is 4.90 Å². The highest BCUT2D eigenvalue weighted by Gasteiger charge is 2.30. The van der Waals surface area contributed by atoms with Gasteiger partial charge in [-0.2, -0.15) is 0 Å². The van der Waals surface area contributed by atoms with Crippen LogP contribution in [0.5, 0.6) is 17.2 Å². The van der Waals surface area contributed by atoms with Gasteiger partial charge in [0.05, 0.1) is 4.90 Å². The summed E-state index contributed by atoms with van der Waals surface area (Å²) in [6.45, 7) is 9.41. The first kappa shape index (κ1) is 26.3. The minimum atomic E-state index is -3.31. The zero-order chi connectivity index (χ0) is 27.0. The first-order valence-electron chi connectivity index (χ1n) is 13.1. The monoisotopic (exact) mass is 533 g/mol. The largest absolute Gasteiger partial charge is 0.508 e. The number of hydrogen-bond acceptors (Lipinski definition) is 6. The van der Waals surface area contributed by atoms with Crippen molar-refractivity contribution in [2.75, 3.05) is 26.0 Å². The summed E-state index contributed by atoms with van der Waals surface area (Å²) in [5.41, 5.74) is 4.53. The molecule has 0 amide bonds. The lowest BCUT2D eigenvalue weighted by Crippen LogP contribution is -2.35. The Labute approximate surface area is 225 Å². The Bertz CT molecular complexity index is 1440. The van der Waals surface area contributed by atoms with Crippen molar-refractivity contribution in [3.8, 4) is 17.2 Å². The zero-order valence-electron chi connectivity index (χ0n) is 22.3. The molecule has 3 aromatic carbocycles. The van der Waals surface area contributed by atoms with Crippen LogP contribution in [0, 0.1) is 5.92 Å². The number of ether oxygens (including phenoxy) is 2. The number of aromatic hydroxyl groups is 1. The van der Waals surface area contributed by atoms with E-state index >= 15 is 0 Å². The van der Waals surface area contributed by atoms with Gasteiger partial charge in [-0.15, -0.1) is 0 Å². The van der Waals surface area contributed by atoms with Crippen LogP contribution in [0.15, 0.2) is 71.6 Å². The normalized spacial score (nSPS) is 20.6. The second-order valence-corrected chi connectivity index (χ2v) is 12.6. The summed E-state index contributed by atoms with van der Waals surface area (Å²) in [4.78, 5) is 2.75. The molecule has 5 rings (SSSR count). The number of rotatable bonds is 7. The fourth-order valence-corrected chi connectivity index (χ4v) is 5.99.